The highest BCUT2D eigenvalue weighted by Gasteiger charge is 2.30. The summed E-state index contributed by atoms with van der Waals surface area (Å²) in [4.78, 5) is 30.7. The predicted molar refractivity (Wildman–Crippen MR) is 102 cm³/mol. The fourth-order valence-corrected chi connectivity index (χ4v) is 3.93. The lowest BCUT2D eigenvalue weighted by Gasteiger charge is -2.17. The van der Waals surface area contributed by atoms with Gasteiger partial charge in [-0.25, -0.2) is 9.37 Å². The molecule has 0 radical (unpaired) electrons. The number of rotatable bonds is 5. The molecule has 1 N–H and O–H groups in total. The van der Waals surface area contributed by atoms with Crippen molar-refractivity contribution in [3.63, 3.8) is 0 Å². The van der Waals surface area contributed by atoms with Crippen LogP contribution in [-0.4, -0.2) is 40.8 Å². The molecular weight excluding hydrogens is 365 g/mol. The van der Waals surface area contributed by atoms with E-state index in [0.29, 0.717) is 31.5 Å². The molecular formula is C20H18FN3O2S. The normalized spacial score (nSPS) is 16.9. The SMILES string of the molecule is O=C(NC1CC(=O)N(CCc2ccc(F)cc2)C1)c1ccc2scnc2c1. The van der Waals surface area contributed by atoms with Crippen molar-refractivity contribution in [2.24, 2.45) is 0 Å². The average Bonchev–Trinajstić information content (AvgIpc) is 3.26. The van der Waals surface area contributed by atoms with Gasteiger partial charge in [0.15, 0.2) is 0 Å². The van der Waals surface area contributed by atoms with Gasteiger partial charge < -0.3 is 10.2 Å². The van der Waals surface area contributed by atoms with Crippen LogP contribution in [0.25, 0.3) is 10.2 Å². The van der Waals surface area contributed by atoms with Crippen molar-refractivity contribution in [1.82, 2.24) is 15.2 Å². The molecule has 1 aromatic heterocycles. The zero-order valence-corrected chi connectivity index (χ0v) is 15.3. The molecule has 2 heterocycles. The molecule has 1 atom stereocenters. The third-order valence-corrected chi connectivity index (χ3v) is 5.54. The van der Waals surface area contributed by atoms with Crippen molar-refractivity contribution in [3.8, 4) is 0 Å². The molecule has 1 unspecified atom stereocenters. The molecule has 1 aliphatic heterocycles. The van der Waals surface area contributed by atoms with Crippen LogP contribution >= 0.6 is 11.3 Å². The molecule has 138 valence electrons. The summed E-state index contributed by atoms with van der Waals surface area (Å²) in [5.74, 6) is -0.435. The first-order valence-corrected chi connectivity index (χ1v) is 9.63. The highest BCUT2D eigenvalue weighted by atomic mass is 32.1. The van der Waals surface area contributed by atoms with Crippen LogP contribution in [0, 0.1) is 5.82 Å². The molecule has 1 saturated heterocycles. The molecule has 7 heteroatoms. The molecule has 3 aromatic rings. The van der Waals surface area contributed by atoms with E-state index in [-0.39, 0.29) is 23.7 Å². The Balaban J connectivity index is 1.34. The Kier molecular flexibility index (Phi) is 4.85. The quantitative estimate of drug-likeness (QED) is 0.737. The summed E-state index contributed by atoms with van der Waals surface area (Å²) in [6, 6.07) is 11.5. The summed E-state index contributed by atoms with van der Waals surface area (Å²) >= 11 is 1.53. The van der Waals surface area contributed by atoms with Gasteiger partial charge >= 0.3 is 0 Å². The zero-order valence-electron chi connectivity index (χ0n) is 14.5. The zero-order chi connectivity index (χ0) is 18.8. The first kappa shape index (κ1) is 17.6. The second-order valence-corrected chi connectivity index (χ2v) is 7.51. The van der Waals surface area contributed by atoms with Gasteiger partial charge in [0.05, 0.1) is 21.8 Å². The molecule has 5 nitrogen and oxygen atoms in total. The molecule has 0 bridgehead atoms. The standard InChI is InChI=1S/C20H18FN3O2S/c21-15-4-1-13(2-5-15)7-8-24-11-16(10-19(24)25)23-20(26)14-3-6-18-17(9-14)22-12-27-18/h1-6,9,12,16H,7-8,10-11H2,(H,23,26). The van der Waals surface area contributed by atoms with Gasteiger partial charge in [-0.1, -0.05) is 12.1 Å². The highest BCUT2D eigenvalue weighted by Crippen LogP contribution is 2.19. The molecule has 1 fully saturated rings. The topological polar surface area (TPSA) is 62.3 Å². The highest BCUT2D eigenvalue weighted by molar-refractivity contribution is 7.16. The Morgan fingerprint density at radius 1 is 1.26 bits per heavy atom. The molecule has 2 aromatic carbocycles. The van der Waals surface area contributed by atoms with E-state index in [9.17, 15) is 14.0 Å². The van der Waals surface area contributed by atoms with Crippen molar-refractivity contribution in [2.45, 2.75) is 18.9 Å². The lowest BCUT2D eigenvalue weighted by atomic mass is 10.1. The van der Waals surface area contributed by atoms with Crippen LogP contribution < -0.4 is 5.32 Å². The van der Waals surface area contributed by atoms with Crippen molar-refractivity contribution in [1.29, 1.82) is 0 Å². The van der Waals surface area contributed by atoms with E-state index in [0.717, 1.165) is 15.8 Å². The third kappa shape index (κ3) is 3.98. The van der Waals surface area contributed by atoms with E-state index in [2.05, 4.69) is 10.3 Å². The number of hydrogen-bond acceptors (Lipinski definition) is 4. The summed E-state index contributed by atoms with van der Waals surface area (Å²) in [6.45, 7) is 1.05. The number of fused-ring (bicyclic) bond motifs is 1. The number of hydrogen-bond donors (Lipinski definition) is 1. The fraction of sp³-hybridized carbons (Fsp3) is 0.250. The molecule has 0 saturated carbocycles. The largest absolute Gasteiger partial charge is 0.347 e. The molecule has 4 rings (SSSR count). The van der Waals surface area contributed by atoms with Crippen molar-refractivity contribution < 1.29 is 14.0 Å². The Hall–Kier alpha value is -2.80. The minimum atomic E-state index is -0.269. The van der Waals surface area contributed by atoms with Gasteiger partial charge in [-0.2, -0.15) is 0 Å². The molecule has 1 aliphatic rings. The van der Waals surface area contributed by atoms with Crippen molar-refractivity contribution >= 4 is 33.4 Å². The van der Waals surface area contributed by atoms with Crippen molar-refractivity contribution in [2.75, 3.05) is 13.1 Å². The van der Waals surface area contributed by atoms with E-state index in [1.165, 1.54) is 23.5 Å². The number of amides is 2. The molecule has 0 aliphatic carbocycles. The number of nitrogens with one attached hydrogen (secondary N) is 1. The smallest absolute Gasteiger partial charge is 0.251 e. The maximum absolute atomic E-state index is 13.0. The van der Waals surface area contributed by atoms with E-state index in [1.54, 1.807) is 34.7 Å². The van der Waals surface area contributed by atoms with Gasteiger partial charge in [0.25, 0.3) is 5.91 Å². The van der Waals surface area contributed by atoms with Crippen LogP contribution in [0.5, 0.6) is 0 Å². The van der Waals surface area contributed by atoms with E-state index in [4.69, 9.17) is 0 Å². The summed E-state index contributed by atoms with van der Waals surface area (Å²) in [5.41, 5.74) is 4.08. The monoisotopic (exact) mass is 383 g/mol. The Morgan fingerprint density at radius 3 is 2.89 bits per heavy atom. The summed E-state index contributed by atoms with van der Waals surface area (Å²) in [5, 5.41) is 2.94. The lowest BCUT2D eigenvalue weighted by Crippen LogP contribution is -2.37. The maximum Gasteiger partial charge on any atom is 0.251 e. The number of carbonyl (C=O) groups excluding carboxylic acids is 2. The molecule has 0 spiro atoms. The Morgan fingerprint density at radius 2 is 2.07 bits per heavy atom. The van der Waals surface area contributed by atoms with Crippen molar-refractivity contribution in [3.05, 3.63) is 64.9 Å². The fourth-order valence-electron chi connectivity index (χ4n) is 3.27. The average molecular weight is 383 g/mol. The predicted octanol–water partition coefficient (Wildman–Crippen LogP) is 3.01. The number of benzene rings is 2. The van der Waals surface area contributed by atoms with Gasteiger partial charge in [0.1, 0.15) is 5.82 Å². The van der Waals surface area contributed by atoms with Gasteiger partial charge in [-0.3, -0.25) is 9.59 Å². The van der Waals surface area contributed by atoms with Gasteiger partial charge in [-0.15, -0.1) is 11.3 Å². The molecule has 27 heavy (non-hydrogen) atoms. The van der Waals surface area contributed by atoms with Crippen LogP contribution in [-0.2, 0) is 11.2 Å². The number of thiazole rings is 1. The third-order valence-electron chi connectivity index (χ3n) is 4.73. The first-order chi connectivity index (χ1) is 13.1. The van der Waals surface area contributed by atoms with E-state index >= 15 is 0 Å². The second-order valence-electron chi connectivity index (χ2n) is 6.63. The number of likely N-dealkylation sites (tertiary alicyclic amines) is 1. The van der Waals surface area contributed by atoms with Gasteiger partial charge in [0, 0.05) is 25.1 Å². The maximum atomic E-state index is 13.0. The molecule has 2 amide bonds. The van der Waals surface area contributed by atoms with Crippen LogP contribution in [0.15, 0.2) is 48.0 Å². The van der Waals surface area contributed by atoms with E-state index in [1.807, 2.05) is 6.07 Å². The first-order valence-electron chi connectivity index (χ1n) is 8.75. The summed E-state index contributed by atoms with van der Waals surface area (Å²) in [6.07, 6.45) is 0.960. The number of nitrogens with zero attached hydrogens (tertiary/aromatic N) is 2. The van der Waals surface area contributed by atoms with Crippen LogP contribution in [0.4, 0.5) is 4.39 Å². The van der Waals surface area contributed by atoms with Crippen LogP contribution in [0.2, 0.25) is 0 Å². The number of halogens is 1. The van der Waals surface area contributed by atoms with Crippen LogP contribution in [0.3, 0.4) is 0 Å². The van der Waals surface area contributed by atoms with Gasteiger partial charge in [-0.05, 0) is 42.3 Å². The van der Waals surface area contributed by atoms with E-state index < -0.39 is 0 Å². The van der Waals surface area contributed by atoms with Gasteiger partial charge in [0.2, 0.25) is 5.91 Å². The Bertz CT molecular complexity index is 986. The number of aromatic nitrogens is 1. The summed E-state index contributed by atoms with van der Waals surface area (Å²) < 4.78 is 14.0. The lowest BCUT2D eigenvalue weighted by molar-refractivity contribution is -0.127. The Labute approximate surface area is 159 Å². The summed E-state index contributed by atoms with van der Waals surface area (Å²) in [7, 11) is 0. The number of carbonyl (C=O) groups is 2. The minimum Gasteiger partial charge on any atom is -0.347 e. The minimum absolute atomic E-state index is 0.0253. The van der Waals surface area contributed by atoms with Crippen LogP contribution in [0.1, 0.15) is 22.3 Å². The second kappa shape index (κ2) is 7.44.